The number of sulfone groups is 1. The second-order valence-corrected chi connectivity index (χ2v) is 11.4. The van der Waals surface area contributed by atoms with Crippen molar-refractivity contribution in [2.75, 3.05) is 16.4 Å². The van der Waals surface area contributed by atoms with Gasteiger partial charge in [-0.2, -0.15) is 4.99 Å². The molecule has 0 unspecified atom stereocenters. The molecule has 2 aliphatic heterocycles. The van der Waals surface area contributed by atoms with Crippen molar-refractivity contribution in [3.05, 3.63) is 28.2 Å². The number of fused-ring (bicyclic) bond motifs is 1. The van der Waals surface area contributed by atoms with Crippen molar-refractivity contribution in [2.24, 2.45) is 10.4 Å². The van der Waals surface area contributed by atoms with Crippen LogP contribution in [0.5, 0.6) is 0 Å². The summed E-state index contributed by atoms with van der Waals surface area (Å²) in [6, 6.07) is 4.73. The predicted molar refractivity (Wildman–Crippen MR) is 105 cm³/mol. The summed E-state index contributed by atoms with van der Waals surface area (Å²) < 4.78 is 24.1. The van der Waals surface area contributed by atoms with Crippen LogP contribution < -0.4 is 4.90 Å². The molecule has 0 N–H and O–H groups in total. The van der Waals surface area contributed by atoms with Crippen molar-refractivity contribution in [3.8, 4) is 0 Å². The lowest BCUT2D eigenvalue weighted by atomic mass is 9.96. The number of aliphatic imine (C=N–C) groups is 1. The summed E-state index contributed by atoms with van der Waals surface area (Å²) in [6.45, 7) is 5.39. The molecule has 1 amide bonds. The van der Waals surface area contributed by atoms with Gasteiger partial charge in [-0.3, -0.25) is 4.79 Å². The predicted octanol–water partition coefficient (Wildman–Crippen LogP) is 3.64. The number of benzene rings is 1. The minimum atomic E-state index is -3.12. The molecule has 0 aliphatic carbocycles. The number of amides is 1. The van der Waals surface area contributed by atoms with Crippen molar-refractivity contribution in [1.82, 2.24) is 0 Å². The summed E-state index contributed by atoms with van der Waals surface area (Å²) in [6.07, 6.45) is 0. The quantitative estimate of drug-likeness (QED) is 0.693. The molecule has 0 spiro atoms. The molecule has 25 heavy (non-hydrogen) atoms. The van der Waals surface area contributed by atoms with Crippen LogP contribution in [0.15, 0.2) is 23.2 Å². The van der Waals surface area contributed by atoms with Crippen molar-refractivity contribution in [2.45, 2.75) is 32.1 Å². The number of halogens is 2. The van der Waals surface area contributed by atoms with Gasteiger partial charge in [-0.25, -0.2) is 8.42 Å². The number of rotatable bonds is 1. The third-order valence-corrected chi connectivity index (χ3v) is 7.82. The highest BCUT2D eigenvalue weighted by Gasteiger charge is 2.50. The van der Waals surface area contributed by atoms with Gasteiger partial charge in [-0.15, -0.1) is 0 Å². The summed E-state index contributed by atoms with van der Waals surface area (Å²) in [5.74, 6) is -0.160. The molecule has 0 bridgehead atoms. The zero-order chi connectivity index (χ0) is 18.6. The maximum absolute atomic E-state index is 12.4. The smallest absolute Gasteiger partial charge is 0.253 e. The van der Waals surface area contributed by atoms with Gasteiger partial charge in [0.25, 0.3) is 5.91 Å². The van der Waals surface area contributed by atoms with Gasteiger partial charge in [0.2, 0.25) is 0 Å². The maximum Gasteiger partial charge on any atom is 0.253 e. The first kappa shape index (κ1) is 19.0. The highest BCUT2D eigenvalue weighted by molar-refractivity contribution is 8.16. The Balaban J connectivity index is 2.07. The number of nitrogens with zero attached hydrogens (tertiary/aromatic N) is 2. The molecular weight excluding hydrogens is 403 g/mol. The fourth-order valence-electron chi connectivity index (χ4n) is 2.78. The first-order valence-electron chi connectivity index (χ1n) is 7.72. The number of hydrogen-bond acceptors (Lipinski definition) is 4. The topological polar surface area (TPSA) is 66.8 Å². The van der Waals surface area contributed by atoms with Gasteiger partial charge in [-0.05, 0) is 18.2 Å². The molecule has 0 saturated carbocycles. The molecule has 2 atom stereocenters. The number of anilines is 1. The molecule has 2 aliphatic rings. The summed E-state index contributed by atoms with van der Waals surface area (Å²) in [7, 11) is -3.12. The zero-order valence-electron chi connectivity index (χ0n) is 14.0. The third kappa shape index (κ3) is 3.84. The minimum absolute atomic E-state index is 0.0202. The van der Waals surface area contributed by atoms with Crippen molar-refractivity contribution in [1.29, 1.82) is 0 Å². The lowest BCUT2D eigenvalue weighted by Gasteiger charge is -2.26. The third-order valence-electron chi connectivity index (χ3n) is 4.07. The molecule has 9 heteroatoms. The van der Waals surface area contributed by atoms with Crippen LogP contribution in [0.3, 0.4) is 0 Å². The lowest BCUT2D eigenvalue weighted by molar-refractivity contribution is -0.124. The molecule has 0 aromatic heterocycles. The van der Waals surface area contributed by atoms with Gasteiger partial charge in [0.15, 0.2) is 15.0 Å². The fraction of sp³-hybridized carbons (Fsp3) is 0.500. The van der Waals surface area contributed by atoms with E-state index < -0.39 is 15.3 Å². The van der Waals surface area contributed by atoms with Gasteiger partial charge >= 0.3 is 0 Å². The molecule has 2 saturated heterocycles. The zero-order valence-corrected chi connectivity index (χ0v) is 17.1. The molecule has 2 heterocycles. The highest BCUT2D eigenvalue weighted by atomic mass is 35.5. The molecule has 3 rings (SSSR count). The normalized spacial score (nSPS) is 26.9. The van der Waals surface area contributed by atoms with Crippen molar-refractivity contribution < 1.29 is 13.2 Å². The SMILES string of the molecule is CC(C)(C)C(=O)N=C1S[C@H]2CS(=O)(=O)C[C@H]2N1c1ccc(Cl)cc1Cl. The Morgan fingerprint density at radius 1 is 1.28 bits per heavy atom. The van der Waals surface area contributed by atoms with Gasteiger partial charge in [0.1, 0.15) is 0 Å². The highest BCUT2D eigenvalue weighted by Crippen LogP contribution is 2.43. The second-order valence-electron chi connectivity index (χ2n) is 7.22. The fourth-order valence-corrected chi connectivity index (χ4v) is 7.18. The molecule has 5 nitrogen and oxygen atoms in total. The van der Waals surface area contributed by atoms with Crippen LogP contribution in [0.1, 0.15) is 20.8 Å². The number of carbonyl (C=O) groups is 1. The van der Waals surface area contributed by atoms with Crippen molar-refractivity contribution >= 4 is 61.6 Å². The van der Waals surface area contributed by atoms with E-state index in [1.54, 1.807) is 43.9 Å². The second kappa shape index (κ2) is 6.44. The summed E-state index contributed by atoms with van der Waals surface area (Å²) in [4.78, 5) is 18.4. The van der Waals surface area contributed by atoms with E-state index in [-0.39, 0.29) is 28.7 Å². The number of amidine groups is 1. The van der Waals surface area contributed by atoms with Crippen LogP contribution >= 0.6 is 35.0 Å². The van der Waals surface area contributed by atoms with E-state index in [4.69, 9.17) is 23.2 Å². The van der Waals surface area contributed by atoms with Crippen LogP contribution in [0.25, 0.3) is 0 Å². The van der Waals surface area contributed by atoms with Crippen LogP contribution in [0, 0.1) is 5.41 Å². The van der Waals surface area contributed by atoms with Gasteiger partial charge in [0.05, 0.1) is 28.3 Å². The molecule has 2 fully saturated rings. The lowest BCUT2D eigenvalue weighted by Crippen LogP contribution is -2.38. The average Bonchev–Trinajstić information content (AvgIpc) is 2.90. The summed E-state index contributed by atoms with van der Waals surface area (Å²) >= 11 is 13.6. The standard InChI is InChI=1S/C16H18Cl2N2O3S2/c1-16(2,3)14(21)19-15-20(11-5-4-9(17)6-10(11)18)12-7-25(22,23)8-13(12)24-15/h4-6,12-13H,7-8H2,1-3H3/t12-,13+/m1/s1. The van der Waals surface area contributed by atoms with E-state index in [1.165, 1.54) is 11.8 Å². The Morgan fingerprint density at radius 3 is 2.56 bits per heavy atom. The van der Waals surface area contributed by atoms with Gasteiger partial charge in [0, 0.05) is 15.7 Å². The summed E-state index contributed by atoms with van der Waals surface area (Å²) in [5.41, 5.74) is -0.00379. The molecule has 1 aromatic carbocycles. The van der Waals surface area contributed by atoms with Gasteiger partial charge in [-0.1, -0.05) is 55.7 Å². The van der Waals surface area contributed by atoms with Crippen LogP contribution in [-0.2, 0) is 14.6 Å². The molecule has 136 valence electrons. The molecule has 0 radical (unpaired) electrons. The maximum atomic E-state index is 12.4. The molecular formula is C16H18Cl2N2O3S2. The van der Waals surface area contributed by atoms with E-state index in [0.29, 0.717) is 20.9 Å². The first-order valence-corrected chi connectivity index (χ1v) is 11.2. The van der Waals surface area contributed by atoms with E-state index in [1.807, 2.05) is 0 Å². The van der Waals surface area contributed by atoms with E-state index in [0.717, 1.165) is 0 Å². The van der Waals surface area contributed by atoms with Crippen molar-refractivity contribution in [3.63, 3.8) is 0 Å². The number of hydrogen-bond donors (Lipinski definition) is 0. The van der Waals surface area contributed by atoms with E-state index in [2.05, 4.69) is 4.99 Å². The molecule has 1 aromatic rings. The largest absolute Gasteiger partial charge is 0.314 e. The minimum Gasteiger partial charge on any atom is -0.314 e. The van der Waals surface area contributed by atoms with E-state index in [9.17, 15) is 13.2 Å². The Hall–Kier alpha value is -0.760. The first-order chi connectivity index (χ1) is 11.5. The van der Waals surface area contributed by atoms with Gasteiger partial charge < -0.3 is 4.90 Å². The monoisotopic (exact) mass is 420 g/mol. The number of carbonyl (C=O) groups excluding carboxylic acids is 1. The summed E-state index contributed by atoms with van der Waals surface area (Å²) in [5, 5.41) is 1.21. The number of thioether (sulfide) groups is 1. The Kier molecular flexibility index (Phi) is 4.90. The van der Waals surface area contributed by atoms with Crippen LogP contribution in [-0.4, -0.2) is 42.3 Å². The van der Waals surface area contributed by atoms with Crippen LogP contribution in [0.2, 0.25) is 10.0 Å². The Labute approximate surface area is 161 Å². The Bertz CT molecular complexity index is 863. The van der Waals surface area contributed by atoms with E-state index >= 15 is 0 Å². The Morgan fingerprint density at radius 2 is 1.96 bits per heavy atom. The van der Waals surface area contributed by atoms with Crippen LogP contribution in [0.4, 0.5) is 5.69 Å². The average molecular weight is 421 g/mol.